The van der Waals surface area contributed by atoms with Gasteiger partial charge in [-0.2, -0.15) is 0 Å². The lowest BCUT2D eigenvalue weighted by Gasteiger charge is -2.12. The first-order valence-electron chi connectivity index (χ1n) is 6.98. The molecule has 0 aliphatic rings. The number of benzene rings is 2. The van der Waals surface area contributed by atoms with Gasteiger partial charge < -0.3 is 15.2 Å². The number of rotatable bonds is 7. The fourth-order valence-electron chi connectivity index (χ4n) is 2.07. The maximum absolute atomic E-state index is 12.4. The van der Waals surface area contributed by atoms with Crippen molar-refractivity contribution in [3.05, 3.63) is 53.6 Å². The topological polar surface area (TPSA) is 108 Å². The van der Waals surface area contributed by atoms with E-state index < -0.39 is 15.9 Å². The summed E-state index contributed by atoms with van der Waals surface area (Å²) >= 11 is 0. The molecule has 2 rings (SSSR count). The van der Waals surface area contributed by atoms with Crippen LogP contribution in [0.4, 0.5) is 0 Å². The first kappa shape index (κ1) is 17.8. The zero-order valence-electron chi connectivity index (χ0n) is 13.3. The number of hydrogen-bond acceptors (Lipinski definition) is 5. The number of nitrogens with two attached hydrogens (primary N) is 1. The standard InChI is InChI=1S/C16H18N2O5S/c1-22-13-7-6-12(15(9-13)23-2)10-18-24(20,21)14-5-3-4-11(8-14)16(17)19/h3-9,18H,10H2,1-2H3,(H2,17,19). The molecule has 0 spiro atoms. The van der Waals surface area contributed by atoms with E-state index in [2.05, 4.69) is 4.72 Å². The minimum atomic E-state index is -3.80. The van der Waals surface area contributed by atoms with Crippen molar-refractivity contribution in [2.75, 3.05) is 14.2 Å². The maximum Gasteiger partial charge on any atom is 0.248 e. The number of sulfonamides is 1. The highest BCUT2D eigenvalue weighted by Gasteiger charge is 2.16. The first-order chi connectivity index (χ1) is 11.4. The van der Waals surface area contributed by atoms with E-state index in [-0.39, 0.29) is 17.0 Å². The second kappa shape index (κ2) is 7.33. The summed E-state index contributed by atoms with van der Waals surface area (Å²) in [6.45, 7) is 0.0241. The smallest absolute Gasteiger partial charge is 0.248 e. The third kappa shape index (κ3) is 4.03. The normalized spacial score (nSPS) is 11.1. The number of carbonyl (C=O) groups is 1. The quantitative estimate of drug-likeness (QED) is 0.782. The maximum atomic E-state index is 12.4. The second-order valence-corrected chi connectivity index (χ2v) is 6.66. The van der Waals surface area contributed by atoms with E-state index in [1.807, 2.05) is 0 Å². The Hall–Kier alpha value is -2.58. The molecule has 0 bridgehead atoms. The molecule has 0 aliphatic carbocycles. The van der Waals surface area contributed by atoms with Crippen LogP contribution in [0.5, 0.6) is 11.5 Å². The Bertz CT molecular complexity index is 849. The molecule has 0 radical (unpaired) electrons. The van der Waals surface area contributed by atoms with E-state index in [0.717, 1.165) is 0 Å². The highest BCUT2D eigenvalue weighted by Crippen LogP contribution is 2.24. The van der Waals surface area contributed by atoms with Crippen LogP contribution in [0.1, 0.15) is 15.9 Å². The lowest BCUT2D eigenvalue weighted by Crippen LogP contribution is -2.24. The molecule has 2 aromatic rings. The van der Waals surface area contributed by atoms with Gasteiger partial charge in [0.15, 0.2) is 0 Å². The molecule has 2 aromatic carbocycles. The van der Waals surface area contributed by atoms with Gasteiger partial charge in [0.1, 0.15) is 11.5 Å². The summed E-state index contributed by atoms with van der Waals surface area (Å²) in [5.41, 5.74) is 5.94. The summed E-state index contributed by atoms with van der Waals surface area (Å²) in [6, 6.07) is 10.6. The van der Waals surface area contributed by atoms with Crippen LogP contribution in [0, 0.1) is 0 Å². The van der Waals surface area contributed by atoms with Crippen LogP contribution in [0.2, 0.25) is 0 Å². The van der Waals surface area contributed by atoms with Crippen LogP contribution in [0.25, 0.3) is 0 Å². The summed E-state index contributed by atoms with van der Waals surface area (Å²) < 4.78 is 37.6. The minimum absolute atomic E-state index is 0.0241. The summed E-state index contributed by atoms with van der Waals surface area (Å²) in [5, 5.41) is 0. The van der Waals surface area contributed by atoms with E-state index in [0.29, 0.717) is 17.1 Å². The van der Waals surface area contributed by atoms with Crippen LogP contribution in [-0.2, 0) is 16.6 Å². The van der Waals surface area contributed by atoms with Crippen molar-refractivity contribution in [2.45, 2.75) is 11.4 Å². The zero-order chi connectivity index (χ0) is 17.7. The van der Waals surface area contributed by atoms with Gasteiger partial charge in [0.2, 0.25) is 15.9 Å². The molecule has 0 saturated carbocycles. The molecule has 1 amide bonds. The lowest BCUT2D eigenvalue weighted by atomic mass is 10.2. The SMILES string of the molecule is COc1ccc(CNS(=O)(=O)c2cccc(C(N)=O)c2)c(OC)c1. The average molecular weight is 350 g/mol. The Labute approximate surface area is 140 Å². The van der Waals surface area contributed by atoms with Gasteiger partial charge in [-0.1, -0.05) is 12.1 Å². The summed E-state index contributed by atoms with van der Waals surface area (Å²) in [5.74, 6) is 0.416. The number of methoxy groups -OCH3 is 2. The predicted octanol–water partition coefficient (Wildman–Crippen LogP) is 1.28. The molecule has 3 N–H and O–H groups in total. The van der Waals surface area contributed by atoms with Crippen molar-refractivity contribution in [3.63, 3.8) is 0 Å². The molecule has 0 aromatic heterocycles. The van der Waals surface area contributed by atoms with E-state index in [1.165, 1.54) is 38.5 Å². The molecule has 7 nitrogen and oxygen atoms in total. The fraction of sp³-hybridized carbons (Fsp3) is 0.188. The Morgan fingerprint density at radius 1 is 1.12 bits per heavy atom. The van der Waals surface area contributed by atoms with Crippen LogP contribution >= 0.6 is 0 Å². The van der Waals surface area contributed by atoms with Gasteiger partial charge in [-0.25, -0.2) is 13.1 Å². The highest BCUT2D eigenvalue weighted by atomic mass is 32.2. The number of amides is 1. The van der Waals surface area contributed by atoms with Crippen molar-refractivity contribution < 1.29 is 22.7 Å². The molecule has 0 aliphatic heterocycles. The lowest BCUT2D eigenvalue weighted by molar-refractivity contribution is 0.1000. The number of hydrogen-bond donors (Lipinski definition) is 2. The monoisotopic (exact) mass is 350 g/mol. The van der Waals surface area contributed by atoms with Crippen LogP contribution in [0.15, 0.2) is 47.4 Å². The number of nitrogens with one attached hydrogen (secondary N) is 1. The van der Waals surface area contributed by atoms with Crippen molar-refractivity contribution in [2.24, 2.45) is 5.73 Å². The summed E-state index contributed by atoms with van der Waals surface area (Å²) in [7, 11) is -0.780. The van der Waals surface area contributed by atoms with E-state index in [1.54, 1.807) is 18.2 Å². The second-order valence-electron chi connectivity index (χ2n) is 4.89. The van der Waals surface area contributed by atoms with Crippen LogP contribution < -0.4 is 19.9 Å². The third-order valence-electron chi connectivity index (χ3n) is 3.38. The first-order valence-corrected chi connectivity index (χ1v) is 8.46. The van der Waals surface area contributed by atoms with Crippen molar-refractivity contribution in [1.29, 1.82) is 0 Å². The molecular weight excluding hydrogens is 332 g/mol. The summed E-state index contributed by atoms with van der Waals surface area (Å²) in [6.07, 6.45) is 0. The van der Waals surface area contributed by atoms with E-state index >= 15 is 0 Å². The molecule has 8 heteroatoms. The Kier molecular flexibility index (Phi) is 5.42. The molecular formula is C16H18N2O5S. The predicted molar refractivity (Wildman–Crippen MR) is 88.5 cm³/mol. The molecule has 24 heavy (non-hydrogen) atoms. The van der Waals surface area contributed by atoms with Gasteiger partial charge in [-0.15, -0.1) is 0 Å². The van der Waals surface area contributed by atoms with Gasteiger partial charge in [-0.05, 0) is 24.3 Å². The number of ether oxygens (including phenoxy) is 2. The molecule has 0 saturated heterocycles. The van der Waals surface area contributed by atoms with Gasteiger partial charge in [0.05, 0.1) is 19.1 Å². The number of primary amides is 1. The fourth-order valence-corrected chi connectivity index (χ4v) is 3.12. The van der Waals surface area contributed by atoms with E-state index in [9.17, 15) is 13.2 Å². The largest absolute Gasteiger partial charge is 0.497 e. The van der Waals surface area contributed by atoms with E-state index in [4.69, 9.17) is 15.2 Å². The highest BCUT2D eigenvalue weighted by molar-refractivity contribution is 7.89. The molecule has 0 heterocycles. The van der Waals surface area contributed by atoms with Crippen molar-refractivity contribution >= 4 is 15.9 Å². The molecule has 0 fully saturated rings. The van der Waals surface area contributed by atoms with Crippen molar-refractivity contribution in [3.8, 4) is 11.5 Å². The Morgan fingerprint density at radius 3 is 2.50 bits per heavy atom. The molecule has 128 valence electrons. The van der Waals surface area contributed by atoms with Crippen LogP contribution in [-0.4, -0.2) is 28.5 Å². The van der Waals surface area contributed by atoms with Gasteiger partial charge in [0, 0.05) is 23.7 Å². The number of carbonyl (C=O) groups excluding carboxylic acids is 1. The summed E-state index contributed by atoms with van der Waals surface area (Å²) in [4.78, 5) is 11.1. The van der Waals surface area contributed by atoms with Crippen LogP contribution in [0.3, 0.4) is 0 Å². The zero-order valence-corrected chi connectivity index (χ0v) is 14.1. The molecule has 0 unspecified atom stereocenters. The van der Waals surface area contributed by atoms with Crippen molar-refractivity contribution in [1.82, 2.24) is 4.72 Å². The average Bonchev–Trinajstić information content (AvgIpc) is 2.59. The molecule has 0 atom stereocenters. The minimum Gasteiger partial charge on any atom is -0.497 e. The van der Waals surface area contributed by atoms with Gasteiger partial charge in [-0.3, -0.25) is 4.79 Å². The Morgan fingerprint density at radius 2 is 1.88 bits per heavy atom. The van der Waals surface area contributed by atoms with Gasteiger partial charge in [0.25, 0.3) is 0 Å². The Balaban J connectivity index is 2.22. The van der Waals surface area contributed by atoms with Gasteiger partial charge >= 0.3 is 0 Å². The third-order valence-corrected chi connectivity index (χ3v) is 4.77.